The van der Waals surface area contributed by atoms with Gasteiger partial charge in [-0.2, -0.15) is 0 Å². The minimum atomic E-state index is -0.274. The molecule has 2 rings (SSSR count). The summed E-state index contributed by atoms with van der Waals surface area (Å²) < 4.78 is 0. The number of rotatable bonds is 2. The summed E-state index contributed by atoms with van der Waals surface area (Å²) in [6, 6.07) is 5.27. The minimum absolute atomic E-state index is 0.0476. The first kappa shape index (κ1) is 13.7. The van der Waals surface area contributed by atoms with Gasteiger partial charge in [-0.15, -0.1) is 0 Å². The van der Waals surface area contributed by atoms with Crippen molar-refractivity contribution < 1.29 is 4.79 Å². The summed E-state index contributed by atoms with van der Waals surface area (Å²) in [7, 11) is 0. The fourth-order valence-electron chi connectivity index (χ4n) is 2.43. The fourth-order valence-corrected chi connectivity index (χ4v) is 2.78. The molecule has 1 amide bonds. The number of amides is 1. The quantitative estimate of drug-likeness (QED) is 0.823. The van der Waals surface area contributed by atoms with Crippen LogP contribution in [-0.4, -0.2) is 5.91 Å². The van der Waals surface area contributed by atoms with Gasteiger partial charge in [0.15, 0.2) is 0 Å². The van der Waals surface area contributed by atoms with Crippen LogP contribution < -0.4 is 5.32 Å². The van der Waals surface area contributed by atoms with Gasteiger partial charge >= 0.3 is 0 Å². The first-order chi connectivity index (χ1) is 8.53. The fraction of sp³-hybridized carbons (Fsp3) is 0.500. The zero-order valence-electron chi connectivity index (χ0n) is 10.4. The van der Waals surface area contributed by atoms with E-state index in [-0.39, 0.29) is 11.3 Å². The van der Waals surface area contributed by atoms with E-state index in [0.717, 1.165) is 25.7 Å². The van der Waals surface area contributed by atoms with E-state index in [1.54, 1.807) is 18.2 Å². The Kier molecular flexibility index (Phi) is 4.18. The molecule has 4 heteroatoms. The first-order valence-electron chi connectivity index (χ1n) is 6.28. The van der Waals surface area contributed by atoms with E-state index < -0.39 is 0 Å². The van der Waals surface area contributed by atoms with Gasteiger partial charge in [-0.1, -0.05) is 55.5 Å². The second-order valence-corrected chi connectivity index (χ2v) is 5.96. The van der Waals surface area contributed by atoms with Crippen LogP contribution in [0, 0.1) is 5.41 Å². The Hall–Kier alpha value is -0.730. The van der Waals surface area contributed by atoms with E-state index in [1.165, 1.54) is 6.42 Å². The van der Waals surface area contributed by atoms with Crippen molar-refractivity contribution in [3.63, 3.8) is 0 Å². The zero-order valence-corrected chi connectivity index (χ0v) is 11.9. The van der Waals surface area contributed by atoms with Gasteiger partial charge in [-0.25, -0.2) is 0 Å². The van der Waals surface area contributed by atoms with Gasteiger partial charge in [-0.05, 0) is 25.0 Å². The predicted molar refractivity (Wildman–Crippen MR) is 76.3 cm³/mol. The van der Waals surface area contributed by atoms with Gasteiger partial charge in [0, 0.05) is 5.41 Å². The van der Waals surface area contributed by atoms with E-state index in [1.807, 2.05) is 6.92 Å². The Bertz CT molecular complexity index is 453. The molecule has 1 fully saturated rings. The molecular weight excluding hydrogens is 269 g/mol. The number of benzene rings is 1. The Morgan fingerprint density at radius 2 is 1.89 bits per heavy atom. The largest absolute Gasteiger partial charge is 0.324 e. The maximum atomic E-state index is 12.3. The van der Waals surface area contributed by atoms with Crippen LogP contribution in [-0.2, 0) is 4.79 Å². The molecule has 1 aromatic carbocycles. The molecule has 0 atom stereocenters. The molecule has 1 aliphatic carbocycles. The predicted octanol–water partition coefficient (Wildman–Crippen LogP) is 4.90. The number of hydrogen-bond acceptors (Lipinski definition) is 1. The molecule has 0 heterocycles. The number of anilines is 1. The molecule has 98 valence electrons. The molecule has 1 aromatic rings. The number of hydrogen-bond donors (Lipinski definition) is 1. The van der Waals surface area contributed by atoms with Crippen molar-refractivity contribution in [1.82, 2.24) is 0 Å². The average molecular weight is 286 g/mol. The van der Waals surface area contributed by atoms with Gasteiger partial charge in [0.05, 0.1) is 15.7 Å². The van der Waals surface area contributed by atoms with Gasteiger partial charge in [0.2, 0.25) is 5.91 Å². The van der Waals surface area contributed by atoms with E-state index in [9.17, 15) is 4.79 Å². The van der Waals surface area contributed by atoms with Crippen LogP contribution >= 0.6 is 23.2 Å². The van der Waals surface area contributed by atoms with Gasteiger partial charge < -0.3 is 5.32 Å². The molecule has 0 aliphatic heterocycles. The molecule has 1 N–H and O–H groups in total. The summed E-state index contributed by atoms with van der Waals surface area (Å²) >= 11 is 12.0. The SMILES string of the molecule is CC1(C(=O)Nc2cccc(Cl)c2Cl)CCCCC1. The van der Waals surface area contributed by atoms with Crippen molar-refractivity contribution in [1.29, 1.82) is 0 Å². The van der Waals surface area contributed by atoms with Crippen molar-refractivity contribution in [2.75, 3.05) is 5.32 Å². The van der Waals surface area contributed by atoms with Crippen LogP contribution in [0.2, 0.25) is 10.0 Å². The summed E-state index contributed by atoms with van der Waals surface area (Å²) in [5.74, 6) is 0.0476. The Morgan fingerprint density at radius 3 is 2.56 bits per heavy atom. The average Bonchev–Trinajstić information content (AvgIpc) is 2.36. The van der Waals surface area contributed by atoms with E-state index in [0.29, 0.717) is 15.7 Å². The van der Waals surface area contributed by atoms with Crippen LogP contribution in [0.5, 0.6) is 0 Å². The summed E-state index contributed by atoms with van der Waals surface area (Å²) in [5.41, 5.74) is 0.324. The molecule has 0 unspecified atom stereocenters. The highest BCUT2D eigenvalue weighted by Gasteiger charge is 2.34. The summed E-state index contributed by atoms with van der Waals surface area (Å²) in [5, 5.41) is 3.78. The molecule has 1 saturated carbocycles. The topological polar surface area (TPSA) is 29.1 Å². The Balaban J connectivity index is 2.13. The molecule has 2 nitrogen and oxygen atoms in total. The van der Waals surface area contributed by atoms with Crippen LogP contribution in [0.4, 0.5) is 5.69 Å². The highest BCUT2D eigenvalue weighted by atomic mass is 35.5. The van der Waals surface area contributed by atoms with Crippen LogP contribution in [0.3, 0.4) is 0 Å². The molecule has 0 bridgehead atoms. The third kappa shape index (κ3) is 2.81. The number of halogens is 2. The number of carbonyl (C=O) groups excluding carboxylic acids is 1. The van der Waals surface area contributed by atoms with Crippen molar-refractivity contribution >= 4 is 34.8 Å². The second kappa shape index (κ2) is 5.50. The Labute approximate surface area is 118 Å². The van der Waals surface area contributed by atoms with Crippen LogP contribution in [0.25, 0.3) is 0 Å². The van der Waals surface area contributed by atoms with Crippen LogP contribution in [0.1, 0.15) is 39.0 Å². The molecular formula is C14H17Cl2NO. The molecule has 18 heavy (non-hydrogen) atoms. The van der Waals surface area contributed by atoms with Gasteiger partial charge in [0.1, 0.15) is 0 Å². The third-order valence-corrected chi connectivity index (χ3v) is 4.52. The minimum Gasteiger partial charge on any atom is -0.324 e. The van der Waals surface area contributed by atoms with E-state index in [2.05, 4.69) is 5.32 Å². The molecule has 1 aliphatic rings. The smallest absolute Gasteiger partial charge is 0.230 e. The highest BCUT2D eigenvalue weighted by Crippen LogP contribution is 2.38. The lowest BCUT2D eigenvalue weighted by Crippen LogP contribution is -2.35. The van der Waals surface area contributed by atoms with Crippen LogP contribution in [0.15, 0.2) is 18.2 Å². The van der Waals surface area contributed by atoms with E-state index >= 15 is 0 Å². The van der Waals surface area contributed by atoms with Crippen molar-refractivity contribution in [3.05, 3.63) is 28.2 Å². The summed E-state index contributed by atoms with van der Waals surface area (Å²) in [4.78, 5) is 12.3. The van der Waals surface area contributed by atoms with E-state index in [4.69, 9.17) is 23.2 Å². The standard InChI is InChI=1S/C14H17Cl2NO/c1-14(8-3-2-4-9-14)13(18)17-11-7-5-6-10(15)12(11)16/h5-7H,2-4,8-9H2,1H3,(H,17,18). The summed E-state index contributed by atoms with van der Waals surface area (Å²) in [6.07, 6.45) is 5.34. The van der Waals surface area contributed by atoms with Crippen molar-refractivity contribution in [3.8, 4) is 0 Å². The highest BCUT2D eigenvalue weighted by molar-refractivity contribution is 6.44. The maximum absolute atomic E-state index is 12.3. The third-order valence-electron chi connectivity index (χ3n) is 3.71. The lowest BCUT2D eigenvalue weighted by atomic mass is 9.75. The second-order valence-electron chi connectivity index (χ2n) is 5.18. The summed E-state index contributed by atoms with van der Waals surface area (Å²) in [6.45, 7) is 2.03. The molecule has 0 radical (unpaired) electrons. The normalized spacial score (nSPS) is 18.4. The first-order valence-corrected chi connectivity index (χ1v) is 7.04. The van der Waals surface area contributed by atoms with Gasteiger partial charge in [0.25, 0.3) is 0 Å². The monoisotopic (exact) mass is 285 g/mol. The van der Waals surface area contributed by atoms with Crippen molar-refractivity contribution in [2.45, 2.75) is 39.0 Å². The molecule has 0 saturated heterocycles. The number of carbonyl (C=O) groups is 1. The zero-order chi connectivity index (χ0) is 13.2. The van der Waals surface area contributed by atoms with Crippen molar-refractivity contribution in [2.24, 2.45) is 5.41 Å². The molecule has 0 aromatic heterocycles. The number of nitrogens with one attached hydrogen (secondary N) is 1. The lowest BCUT2D eigenvalue weighted by Gasteiger charge is -2.32. The molecule has 0 spiro atoms. The Morgan fingerprint density at radius 1 is 1.22 bits per heavy atom. The maximum Gasteiger partial charge on any atom is 0.230 e. The van der Waals surface area contributed by atoms with Gasteiger partial charge in [-0.3, -0.25) is 4.79 Å². The lowest BCUT2D eigenvalue weighted by molar-refractivity contribution is -0.126.